The Kier molecular flexibility index (Phi) is 4.15. The zero-order valence-electron chi connectivity index (χ0n) is 11.4. The molecule has 20 heavy (non-hydrogen) atoms. The lowest BCUT2D eigenvalue weighted by Gasteiger charge is -2.11. The summed E-state index contributed by atoms with van der Waals surface area (Å²) in [6.07, 6.45) is 1.72. The van der Waals surface area contributed by atoms with E-state index in [9.17, 15) is 4.79 Å². The Morgan fingerprint density at radius 2 is 1.85 bits per heavy atom. The zero-order valence-corrected chi connectivity index (χ0v) is 11.4. The first-order valence-corrected chi connectivity index (χ1v) is 6.21. The van der Waals surface area contributed by atoms with Crippen LogP contribution in [-0.2, 0) is 0 Å². The predicted molar refractivity (Wildman–Crippen MR) is 81.4 cm³/mol. The molecule has 0 atom stereocenters. The standard InChI is InChI=1S/C16H16N2O2/c1-18(2)15-8-6-12(7-9-15)11-17-14-5-3-4-13(10-14)16(19)20/h3-11H,1-2H3,(H,19,20). The number of carboxylic acid groups (broad SMARTS) is 1. The summed E-state index contributed by atoms with van der Waals surface area (Å²) in [6.45, 7) is 0. The molecule has 0 radical (unpaired) electrons. The third kappa shape index (κ3) is 3.45. The van der Waals surface area contributed by atoms with E-state index in [1.54, 1.807) is 30.5 Å². The fourth-order valence-electron chi connectivity index (χ4n) is 1.73. The van der Waals surface area contributed by atoms with E-state index < -0.39 is 5.97 Å². The lowest BCUT2D eigenvalue weighted by molar-refractivity contribution is 0.0697. The van der Waals surface area contributed by atoms with Gasteiger partial charge in [0.2, 0.25) is 0 Å². The Morgan fingerprint density at radius 3 is 2.45 bits per heavy atom. The number of aromatic carboxylic acids is 1. The zero-order chi connectivity index (χ0) is 14.5. The van der Waals surface area contributed by atoms with Gasteiger partial charge in [-0.25, -0.2) is 4.79 Å². The smallest absolute Gasteiger partial charge is 0.335 e. The van der Waals surface area contributed by atoms with Crippen molar-refractivity contribution < 1.29 is 9.90 Å². The molecule has 1 N–H and O–H groups in total. The normalized spacial score (nSPS) is 10.7. The Morgan fingerprint density at radius 1 is 1.15 bits per heavy atom. The molecule has 102 valence electrons. The highest BCUT2D eigenvalue weighted by molar-refractivity contribution is 5.89. The largest absolute Gasteiger partial charge is 0.478 e. The third-order valence-corrected chi connectivity index (χ3v) is 2.87. The molecule has 0 bridgehead atoms. The van der Waals surface area contributed by atoms with Crippen molar-refractivity contribution in [1.29, 1.82) is 0 Å². The van der Waals surface area contributed by atoms with Crippen LogP contribution >= 0.6 is 0 Å². The number of carboxylic acids is 1. The molecule has 0 aliphatic heterocycles. The van der Waals surface area contributed by atoms with Gasteiger partial charge in [0.15, 0.2) is 0 Å². The highest BCUT2D eigenvalue weighted by atomic mass is 16.4. The Balaban J connectivity index is 2.16. The molecule has 0 aromatic heterocycles. The monoisotopic (exact) mass is 268 g/mol. The van der Waals surface area contributed by atoms with Gasteiger partial charge in [0.25, 0.3) is 0 Å². The van der Waals surface area contributed by atoms with Crippen LogP contribution in [0.1, 0.15) is 15.9 Å². The molecule has 0 aliphatic rings. The minimum absolute atomic E-state index is 0.239. The van der Waals surface area contributed by atoms with Gasteiger partial charge < -0.3 is 10.0 Å². The van der Waals surface area contributed by atoms with E-state index in [-0.39, 0.29) is 5.56 Å². The van der Waals surface area contributed by atoms with E-state index in [1.165, 1.54) is 0 Å². The van der Waals surface area contributed by atoms with Crippen molar-refractivity contribution in [1.82, 2.24) is 0 Å². The van der Waals surface area contributed by atoms with Gasteiger partial charge in [-0.3, -0.25) is 4.99 Å². The molecule has 4 nitrogen and oxygen atoms in total. The van der Waals surface area contributed by atoms with E-state index in [0.717, 1.165) is 11.3 Å². The highest BCUT2D eigenvalue weighted by Gasteiger charge is 2.01. The third-order valence-electron chi connectivity index (χ3n) is 2.87. The molecule has 2 rings (SSSR count). The summed E-state index contributed by atoms with van der Waals surface area (Å²) in [6, 6.07) is 14.5. The van der Waals surface area contributed by atoms with Gasteiger partial charge in [0, 0.05) is 26.0 Å². The Bertz CT molecular complexity index is 631. The number of hydrogen-bond donors (Lipinski definition) is 1. The summed E-state index contributed by atoms with van der Waals surface area (Å²) < 4.78 is 0. The molecular formula is C16H16N2O2. The molecule has 0 fully saturated rings. The number of aliphatic imine (C=N–C) groups is 1. The van der Waals surface area contributed by atoms with Crippen LogP contribution in [0.15, 0.2) is 53.5 Å². The molecule has 4 heteroatoms. The van der Waals surface area contributed by atoms with Crippen LogP contribution in [0.25, 0.3) is 0 Å². The van der Waals surface area contributed by atoms with Gasteiger partial charge in [-0.05, 0) is 35.9 Å². The predicted octanol–water partition coefficient (Wildman–Crippen LogP) is 3.20. The van der Waals surface area contributed by atoms with Crippen molar-refractivity contribution >= 4 is 23.6 Å². The molecule has 0 saturated carbocycles. The molecule has 2 aromatic rings. The first kappa shape index (κ1) is 13.8. The summed E-state index contributed by atoms with van der Waals surface area (Å²) >= 11 is 0. The van der Waals surface area contributed by atoms with Crippen LogP contribution < -0.4 is 4.90 Å². The average molecular weight is 268 g/mol. The van der Waals surface area contributed by atoms with Crippen LogP contribution in [-0.4, -0.2) is 31.4 Å². The first-order valence-electron chi connectivity index (χ1n) is 6.21. The lowest BCUT2D eigenvalue weighted by Crippen LogP contribution is -2.08. The van der Waals surface area contributed by atoms with Gasteiger partial charge in [-0.1, -0.05) is 18.2 Å². The lowest BCUT2D eigenvalue weighted by atomic mass is 10.2. The van der Waals surface area contributed by atoms with E-state index in [1.807, 2.05) is 43.3 Å². The number of nitrogens with zero attached hydrogens (tertiary/aromatic N) is 2. The van der Waals surface area contributed by atoms with Gasteiger partial charge >= 0.3 is 5.97 Å². The maximum atomic E-state index is 10.9. The molecule has 0 amide bonds. The fourth-order valence-corrected chi connectivity index (χ4v) is 1.73. The van der Waals surface area contributed by atoms with E-state index in [4.69, 9.17) is 5.11 Å². The Hall–Kier alpha value is -2.62. The summed E-state index contributed by atoms with van der Waals surface area (Å²) in [7, 11) is 3.97. The van der Waals surface area contributed by atoms with Crippen LogP contribution in [0.3, 0.4) is 0 Å². The summed E-state index contributed by atoms with van der Waals surface area (Å²) in [4.78, 5) is 17.2. The van der Waals surface area contributed by atoms with Crippen molar-refractivity contribution in [2.75, 3.05) is 19.0 Å². The number of rotatable bonds is 4. The van der Waals surface area contributed by atoms with Gasteiger partial charge in [0.05, 0.1) is 11.3 Å². The molecule has 0 aliphatic carbocycles. The second kappa shape index (κ2) is 6.02. The summed E-state index contributed by atoms with van der Waals surface area (Å²) in [5.74, 6) is -0.947. The highest BCUT2D eigenvalue weighted by Crippen LogP contribution is 2.15. The molecule has 0 saturated heterocycles. The average Bonchev–Trinajstić information content (AvgIpc) is 2.46. The van der Waals surface area contributed by atoms with Crippen molar-refractivity contribution in [2.45, 2.75) is 0 Å². The maximum Gasteiger partial charge on any atom is 0.335 e. The van der Waals surface area contributed by atoms with Crippen LogP contribution in [0.2, 0.25) is 0 Å². The van der Waals surface area contributed by atoms with E-state index in [2.05, 4.69) is 4.99 Å². The summed E-state index contributed by atoms with van der Waals surface area (Å²) in [5.41, 5.74) is 2.95. The molecule has 0 unspecified atom stereocenters. The Labute approximate surface area is 118 Å². The van der Waals surface area contributed by atoms with Crippen molar-refractivity contribution in [3.05, 3.63) is 59.7 Å². The van der Waals surface area contributed by atoms with Crippen LogP contribution in [0.5, 0.6) is 0 Å². The van der Waals surface area contributed by atoms with Gasteiger partial charge in [0.1, 0.15) is 0 Å². The topological polar surface area (TPSA) is 52.9 Å². The first-order chi connectivity index (χ1) is 9.56. The number of carbonyl (C=O) groups is 1. The van der Waals surface area contributed by atoms with E-state index >= 15 is 0 Å². The van der Waals surface area contributed by atoms with Crippen molar-refractivity contribution in [3.8, 4) is 0 Å². The maximum absolute atomic E-state index is 10.9. The van der Waals surface area contributed by atoms with Gasteiger partial charge in [-0.2, -0.15) is 0 Å². The van der Waals surface area contributed by atoms with E-state index in [0.29, 0.717) is 5.69 Å². The van der Waals surface area contributed by atoms with Gasteiger partial charge in [-0.15, -0.1) is 0 Å². The second-order valence-corrected chi connectivity index (χ2v) is 4.60. The molecular weight excluding hydrogens is 252 g/mol. The molecule has 0 spiro atoms. The minimum atomic E-state index is -0.947. The molecule has 0 heterocycles. The number of hydrogen-bond acceptors (Lipinski definition) is 3. The van der Waals surface area contributed by atoms with Crippen molar-refractivity contribution in [2.24, 2.45) is 4.99 Å². The minimum Gasteiger partial charge on any atom is -0.478 e. The van der Waals surface area contributed by atoms with Crippen molar-refractivity contribution in [3.63, 3.8) is 0 Å². The second-order valence-electron chi connectivity index (χ2n) is 4.60. The summed E-state index contributed by atoms with van der Waals surface area (Å²) in [5, 5.41) is 8.92. The number of anilines is 1. The molecule has 2 aromatic carbocycles. The SMILES string of the molecule is CN(C)c1ccc(C=Nc2cccc(C(=O)O)c2)cc1. The van der Waals surface area contributed by atoms with Crippen LogP contribution in [0.4, 0.5) is 11.4 Å². The fraction of sp³-hybridized carbons (Fsp3) is 0.125. The van der Waals surface area contributed by atoms with Crippen LogP contribution in [0, 0.1) is 0 Å². The quantitative estimate of drug-likeness (QED) is 0.866. The number of benzene rings is 2.